The number of nitrogens with one attached hydrogen (secondary N) is 1. The molecule has 1 N–H and O–H groups in total. The Kier molecular flexibility index (Phi) is 7.63. The molecule has 0 heterocycles. The molecule has 2 unspecified atom stereocenters. The van der Waals surface area contributed by atoms with E-state index in [2.05, 4.69) is 12.2 Å². The molecular formula is C15H24FNO2. The van der Waals surface area contributed by atoms with Crippen LogP contribution in [0.1, 0.15) is 18.4 Å². The van der Waals surface area contributed by atoms with Gasteiger partial charge >= 0.3 is 0 Å². The van der Waals surface area contributed by atoms with E-state index in [9.17, 15) is 4.39 Å². The largest absolute Gasteiger partial charge is 0.384 e. The zero-order chi connectivity index (χ0) is 14.1. The minimum atomic E-state index is -0.149. The Morgan fingerprint density at radius 3 is 2.58 bits per heavy atom. The van der Waals surface area contributed by atoms with Gasteiger partial charge in [-0.1, -0.05) is 25.1 Å². The summed E-state index contributed by atoms with van der Waals surface area (Å²) in [6, 6.07) is 6.95. The van der Waals surface area contributed by atoms with E-state index in [0.29, 0.717) is 13.2 Å². The van der Waals surface area contributed by atoms with Crippen molar-refractivity contribution in [3.63, 3.8) is 0 Å². The summed E-state index contributed by atoms with van der Waals surface area (Å²) in [6.07, 6.45) is 0. The van der Waals surface area contributed by atoms with Gasteiger partial charge in [-0.05, 0) is 17.5 Å². The molecule has 0 saturated carbocycles. The second-order valence-electron chi connectivity index (χ2n) is 4.76. The van der Waals surface area contributed by atoms with E-state index in [1.807, 2.05) is 12.1 Å². The van der Waals surface area contributed by atoms with Gasteiger partial charge in [-0.25, -0.2) is 4.39 Å². The van der Waals surface area contributed by atoms with Crippen molar-refractivity contribution in [2.45, 2.75) is 12.8 Å². The van der Waals surface area contributed by atoms with E-state index >= 15 is 0 Å². The minimum absolute atomic E-state index is 0.0954. The third kappa shape index (κ3) is 5.27. The van der Waals surface area contributed by atoms with E-state index in [1.165, 1.54) is 6.07 Å². The van der Waals surface area contributed by atoms with Gasteiger partial charge in [0, 0.05) is 39.8 Å². The standard InChI is InChI=1S/C15H24FNO2/c1-12(11-19-3)14(10-17-8-9-18-2)13-6-4-5-7-15(13)16/h4-7,12,14,17H,8-11H2,1-3H3. The maximum Gasteiger partial charge on any atom is 0.126 e. The Hall–Kier alpha value is -0.970. The molecule has 0 fully saturated rings. The highest BCUT2D eigenvalue weighted by Gasteiger charge is 2.21. The van der Waals surface area contributed by atoms with Gasteiger partial charge < -0.3 is 14.8 Å². The summed E-state index contributed by atoms with van der Waals surface area (Å²) in [7, 11) is 3.34. The Labute approximate surface area is 115 Å². The molecule has 3 nitrogen and oxygen atoms in total. The maximum absolute atomic E-state index is 13.9. The van der Waals surface area contributed by atoms with Gasteiger partial charge in [0.1, 0.15) is 5.82 Å². The fourth-order valence-electron chi connectivity index (χ4n) is 2.20. The van der Waals surface area contributed by atoms with Gasteiger partial charge in [-0.2, -0.15) is 0 Å². The molecule has 0 aliphatic carbocycles. The predicted octanol–water partition coefficient (Wildman–Crippen LogP) is 2.43. The van der Waals surface area contributed by atoms with Crippen molar-refractivity contribution in [1.82, 2.24) is 5.32 Å². The van der Waals surface area contributed by atoms with E-state index in [1.54, 1.807) is 20.3 Å². The molecule has 0 saturated heterocycles. The molecule has 1 aromatic carbocycles. The molecule has 2 atom stereocenters. The molecule has 4 heteroatoms. The third-order valence-electron chi connectivity index (χ3n) is 3.27. The Morgan fingerprint density at radius 1 is 1.21 bits per heavy atom. The summed E-state index contributed by atoms with van der Waals surface area (Å²) < 4.78 is 24.1. The van der Waals surface area contributed by atoms with Gasteiger partial charge in [0.2, 0.25) is 0 Å². The zero-order valence-corrected chi connectivity index (χ0v) is 12.0. The van der Waals surface area contributed by atoms with E-state index in [0.717, 1.165) is 18.7 Å². The Balaban J connectivity index is 2.71. The number of benzene rings is 1. The van der Waals surface area contributed by atoms with Crippen molar-refractivity contribution in [3.05, 3.63) is 35.6 Å². The Morgan fingerprint density at radius 2 is 1.95 bits per heavy atom. The summed E-state index contributed by atoms with van der Waals surface area (Å²) in [5.74, 6) is 0.193. The van der Waals surface area contributed by atoms with Crippen LogP contribution in [-0.2, 0) is 9.47 Å². The summed E-state index contributed by atoms with van der Waals surface area (Å²) in [6.45, 7) is 4.84. The lowest BCUT2D eigenvalue weighted by Gasteiger charge is -2.25. The molecule has 0 spiro atoms. The first-order chi connectivity index (χ1) is 9.20. The average molecular weight is 269 g/mol. The molecule has 0 aliphatic rings. The van der Waals surface area contributed by atoms with Crippen molar-refractivity contribution in [3.8, 4) is 0 Å². The van der Waals surface area contributed by atoms with E-state index in [4.69, 9.17) is 9.47 Å². The van der Waals surface area contributed by atoms with Gasteiger partial charge in [-0.15, -0.1) is 0 Å². The lowest BCUT2D eigenvalue weighted by Crippen LogP contribution is -2.30. The topological polar surface area (TPSA) is 30.5 Å². The highest BCUT2D eigenvalue weighted by molar-refractivity contribution is 5.22. The molecule has 0 radical (unpaired) electrons. The van der Waals surface area contributed by atoms with Gasteiger partial charge in [0.25, 0.3) is 0 Å². The van der Waals surface area contributed by atoms with Crippen LogP contribution in [0.3, 0.4) is 0 Å². The zero-order valence-electron chi connectivity index (χ0n) is 12.0. The monoisotopic (exact) mass is 269 g/mol. The molecule has 108 valence electrons. The van der Waals surface area contributed by atoms with Gasteiger partial charge in [-0.3, -0.25) is 0 Å². The lowest BCUT2D eigenvalue weighted by molar-refractivity contribution is 0.143. The average Bonchev–Trinajstić information content (AvgIpc) is 2.40. The van der Waals surface area contributed by atoms with Crippen LogP contribution in [-0.4, -0.2) is 40.5 Å². The molecule has 0 bridgehead atoms. The molecule has 19 heavy (non-hydrogen) atoms. The summed E-state index contributed by atoms with van der Waals surface area (Å²) >= 11 is 0. The summed E-state index contributed by atoms with van der Waals surface area (Å²) in [5.41, 5.74) is 0.747. The summed E-state index contributed by atoms with van der Waals surface area (Å²) in [4.78, 5) is 0. The molecular weight excluding hydrogens is 245 g/mol. The van der Waals surface area contributed by atoms with Crippen LogP contribution >= 0.6 is 0 Å². The number of hydrogen-bond donors (Lipinski definition) is 1. The second kappa shape index (κ2) is 9.02. The Bertz CT molecular complexity index is 360. The minimum Gasteiger partial charge on any atom is -0.384 e. The number of methoxy groups -OCH3 is 2. The van der Waals surface area contributed by atoms with Gasteiger partial charge in [0.15, 0.2) is 0 Å². The molecule has 0 aliphatic heterocycles. The van der Waals surface area contributed by atoms with Crippen LogP contribution in [0, 0.1) is 11.7 Å². The fourth-order valence-corrected chi connectivity index (χ4v) is 2.20. The normalized spacial score (nSPS) is 14.3. The molecule has 1 aromatic rings. The van der Waals surface area contributed by atoms with E-state index in [-0.39, 0.29) is 17.7 Å². The van der Waals surface area contributed by atoms with Crippen LogP contribution in [0.25, 0.3) is 0 Å². The molecule has 0 aromatic heterocycles. The van der Waals surface area contributed by atoms with Crippen LogP contribution in [0.15, 0.2) is 24.3 Å². The van der Waals surface area contributed by atoms with Crippen LogP contribution in [0.5, 0.6) is 0 Å². The van der Waals surface area contributed by atoms with Crippen LogP contribution < -0.4 is 5.32 Å². The first kappa shape index (κ1) is 16.1. The highest BCUT2D eigenvalue weighted by Crippen LogP contribution is 2.26. The predicted molar refractivity (Wildman–Crippen MR) is 74.9 cm³/mol. The summed E-state index contributed by atoms with van der Waals surface area (Å²) in [5, 5.41) is 3.30. The number of hydrogen-bond acceptors (Lipinski definition) is 3. The van der Waals surface area contributed by atoms with Crippen LogP contribution in [0.2, 0.25) is 0 Å². The lowest BCUT2D eigenvalue weighted by atomic mass is 9.87. The number of halogens is 1. The smallest absolute Gasteiger partial charge is 0.126 e. The highest BCUT2D eigenvalue weighted by atomic mass is 19.1. The number of ether oxygens (including phenoxy) is 2. The van der Waals surface area contributed by atoms with Crippen molar-refractivity contribution < 1.29 is 13.9 Å². The first-order valence-electron chi connectivity index (χ1n) is 6.63. The molecule has 1 rings (SSSR count). The van der Waals surface area contributed by atoms with Crippen molar-refractivity contribution in [1.29, 1.82) is 0 Å². The van der Waals surface area contributed by atoms with E-state index < -0.39 is 0 Å². The van der Waals surface area contributed by atoms with Crippen molar-refractivity contribution >= 4 is 0 Å². The van der Waals surface area contributed by atoms with Crippen molar-refractivity contribution in [2.75, 3.05) is 40.5 Å². The fraction of sp³-hybridized carbons (Fsp3) is 0.600. The third-order valence-corrected chi connectivity index (χ3v) is 3.27. The molecule has 0 amide bonds. The van der Waals surface area contributed by atoms with Crippen molar-refractivity contribution in [2.24, 2.45) is 5.92 Å². The SMILES string of the molecule is COCCNCC(c1ccccc1F)C(C)COC. The maximum atomic E-state index is 13.9. The number of rotatable bonds is 9. The van der Waals surface area contributed by atoms with Crippen LogP contribution in [0.4, 0.5) is 4.39 Å². The van der Waals surface area contributed by atoms with Gasteiger partial charge in [0.05, 0.1) is 6.61 Å². The second-order valence-corrected chi connectivity index (χ2v) is 4.76. The first-order valence-corrected chi connectivity index (χ1v) is 6.63. The quantitative estimate of drug-likeness (QED) is 0.698.